The van der Waals surface area contributed by atoms with E-state index in [4.69, 9.17) is 4.74 Å². The minimum atomic E-state index is -4.51. The molecule has 1 aromatic rings. The van der Waals surface area contributed by atoms with Crippen molar-refractivity contribution in [1.82, 2.24) is 10.2 Å². The number of rotatable bonds is 4. The van der Waals surface area contributed by atoms with Gasteiger partial charge in [-0.2, -0.15) is 13.2 Å². The van der Waals surface area contributed by atoms with E-state index in [1.807, 2.05) is 4.90 Å². The quantitative estimate of drug-likeness (QED) is 0.917. The lowest BCUT2D eigenvalue weighted by atomic mass is 10.1. The van der Waals surface area contributed by atoms with Gasteiger partial charge < -0.3 is 15.0 Å². The summed E-state index contributed by atoms with van der Waals surface area (Å²) in [4.78, 5) is 13.9. The van der Waals surface area contributed by atoms with E-state index >= 15 is 0 Å². The summed E-state index contributed by atoms with van der Waals surface area (Å²) in [6.07, 6.45) is -5.66. The summed E-state index contributed by atoms with van der Waals surface area (Å²) in [6.45, 7) is 1.29. The molecule has 0 spiro atoms. The zero-order chi connectivity index (χ0) is 16.2. The van der Waals surface area contributed by atoms with Crippen molar-refractivity contribution in [2.75, 3.05) is 26.7 Å². The highest BCUT2D eigenvalue weighted by Crippen LogP contribution is 2.23. The van der Waals surface area contributed by atoms with Gasteiger partial charge in [-0.25, -0.2) is 0 Å². The number of likely N-dealkylation sites (N-methyl/N-ethyl adjacent to an activating group) is 1. The van der Waals surface area contributed by atoms with Crippen LogP contribution in [0.25, 0.3) is 0 Å². The third kappa shape index (κ3) is 4.71. The van der Waals surface area contributed by atoms with Gasteiger partial charge in [0.05, 0.1) is 6.61 Å². The smallest absolute Gasteiger partial charge is 0.366 e. The number of nitrogens with one attached hydrogen (secondary N) is 1. The Balaban J connectivity index is 2.02. The van der Waals surface area contributed by atoms with Crippen LogP contribution < -0.4 is 5.32 Å². The number of hydrogen-bond donors (Lipinski definition) is 1. The SMILES string of the molecule is CN1CCO[C@@H](C(=O)N[C@@H](Cc2ccccc2)C(F)(F)F)C1. The van der Waals surface area contributed by atoms with Gasteiger partial charge in [-0.1, -0.05) is 30.3 Å². The zero-order valence-electron chi connectivity index (χ0n) is 12.3. The van der Waals surface area contributed by atoms with Gasteiger partial charge in [-0.05, 0) is 12.6 Å². The number of benzene rings is 1. The van der Waals surface area contributed by atoms with Crippen LogP contribution in [0.4, 0.5) is 13.2 Å². The molecule has 1 aromatic carbocycles. The predicted octanol–water partition coefficient (Wildman–Crippen LogP) is 1.61. The Hall–Kier alpha value is -1.60. The Labute approximate surface area is 127 Å². The molecule has 1 heterocycles. The molecule has 7 heteroatoms. The summed E-state index contributed by atoms with van der Waals surface area (Å²) in [5.41, 5.74) is 0.520. The van der Waals surface area contributed by atoms with Gasteiger partial charge in [-0.3, -0.25) is 4.79 Å². The lowest BCUT2D eigenvalue weighted by Gasteiger charge is -2.31. The second-order valence-electron chi connectivity index (χ2n) is 5.41. The first-order valence-corrected chi connectivity index (χ1v) is 7.07. The topological polar surface area (TPSA) is 41.6 Å². The highest BCUT2D eigenvalue weighted by Gasteiger charge is 2.41. The number of nitrogens with zero attached hydrogens (tertiary/aromatic N) is 1. The van der Waals surface area contributed by atoms with Crippen molar-refractivity contribution in [2.24, 2.45) is 0 Å². The monoisotopic (exact) mass is 316 g/mol. The maximum atomic E-state index is 13.1. The van der Waals surface area contributed by atoms with Crippen LogP contribution in [0.2, 0.25) is 0 Å². The molecule has 2 rings (SSSR count). The second kappa shape index (κ2) is 7.11. The summed E-state index contributed by atoms with van der Waals surface area (Å²) in [7, 11) is 1.80. The van der Waals surface area contributed by atoms with Gasteiger partial charge in [0.1, 0.15) is 12.1 Å². The average Bonchev–Trinajstić information content (AvgIpc) is 2.46. The van der Waals surface area contributed by atoms with Crippen LogP contribution in [0.1, 0.15) is 5.56 Å². The average molecular weight is 316 g/mol. The first kappa shape index (κ1) is 16.8. The fraction of sp³-hybridized carbons (Fsp3) is 0.533. The van der Waals surface area contributed by atoms with Crippen LogP contribution in [0.5, 0.6) is 0 Å². The maximum Gasteiger partial charge on any atom is 0.408 e. The van der Waals surface area contributed by atoms with Crippen LogP contribution in [0.15, 0.2) is 30.3 Å². The van der Waals surface area contributed by atoms with Crippen molar-refractivity contribution < 1.29 is 22.7 Å². The lowest BCUT2D eigenvalue weighted by Crippen LogP contribution is -2.54. The normalized spacial score (nSPS) is 21.4. The standard InChI is InChI=1S/C15H19F3N2O2/c1-20-7-8-22-12(10-20)14(21)19-13(15(16,17)18)9-11-5-3-2-4-6-11/h2-6,12-13H,7-10H2,1H3,(H,19,21)/t12-,13+/m1/s1. The van der Waals surface area contributed by atoms with Gasteiger partial charge in [0, 0.05) is 19.5 Å². The Kier molecular flexibility index (Phi) is 5.42. The largest absolute Gasteiger partial charge is 0.408 e. The van der Waals surface area contributed by atoms with Crippen molar-refractivity contribution in [3.8, 4) is 0 Å². The molecule has 22 heavy (non-hydrogen) atoms. The highest BCUT2D eigenvalue weighted by atomic mass is 19.4. The summed E-state index contributed by atoms with van der Waals surface area (Å²) < 4.78 is 44.7. The zero-order valence-corrected chi connectivity index (χ0v) is 12.3. The van der Waals surface area contributed by atoms with E-state index in [0.29, 0.717) is 25.3 Å². The molecule has 2 atom stereocenters. The molecule has 1 amide bonds. The van der Waals surface area contributed by atoms with Crippen molar-refractivity contribution >= 4 is 5.91 Å². The van der Waals surface area contributed by atoms with Crippen LogP contribution >= 0.6 is 0 Å². The molecule has 0 bridgehead atoms. The molecule has 0 unspecified atom stereocenters. The summed E-state index contributed by atoms with van der Waals surface area (Å²) in [6, 6.07) is 6.37. The Morgan fingerprint density at radius 2 is 2.09 bits per heavy atom. The number of alkyl halides is 3. The highest BCUT2D eigenvalue weighted by molar-refractivity contribution is 5.81. The van der Waals surface area contributed by atoms with Crippen LogP contribution in [-0.4, -0.2) is 55.9 Å². The molecule has 1 N–H and O–H groups in total. The number of carbonyl (C=O) groups is 1. The Morgan fingerprint density at radius 3 is 2.68 bits per heavy atom. The molecule has 1 aliphatic rings. The van der Waals surface area contributed by atoms with Crippen molar-refractivity contribution in [1.29, 1.82) is 0 Å². The molecule has 1 fully saturated rings. The van der Waals surface area contributed by atoms with E-state index in [1.54, 1.807) is 37.4 Å². The summed E-state index contributed by atoms with van der Waals surface area (Å²) >= 11 is 0. The van der Waals surface area contributed by atoms with E-state index in [0.717, 1.165) is 0 Å². The minimum Gasteiger partial charge on any atom is -0.366 e. The molecule has 1 saturated heterocycles. The van der Waals surface area contributed by atoms with E-state index in [9.17, 15) is 18.0 Å². The van der Waals surface area contributed by atoms with Crippen molar-refractivity contribution in [3.63, 3.8) is 0 Å². The number of carbonyl (C=O) groups excluding carboxylic acids is 1. The number of halogens is 3. The third-order valence-electron chi connectivity index (χ3n) is 3.56. The van der Waals surface area contributed by atoms with Crippen LogP contribution in [0.3, 0.4) is 0 Å². The Bertz CT molecular complexity index is 493. The summed E-state index contributed by atoms with van der Waals surface area (Å²) in [5, 5.41) is 2.08. The summed E-state index contributed by atoms with van der Waals surface area (Å²) in [5.74, 6) is -0.718. The molecule has 0 aromatic heterocycles. The first-order chi connectivity index (χ1) is 10.4. The van der Waals surface area contributed by atoms with E-state index in [1.165, 1.54) is 0 Å². The number of morpholine rings is 1. The molecule has 4 nitrogen and oxygen atoms in total. The van der Waals surface area contributed by atoms with E-state index in [-0.39, 0.29) is 6.42 Å². The maximum absolute atomic E-state index is 13.1. The lowest BCUT2D eigenvalue weighted by molar-refractivity contribution is -0.166. The third-order valence-corrected chi connectivity index (χ3v) is 3.56. The molecule has 0 saturated carbocycles. The fourth-order valence-corrected chi connectivity index (χ4v) is 2.30. The molecule has 1 aliphatic heterocycles. The van der Waals surface area contributed by atoms with E-state index in [2.05, 4.69) is 5.32 Å². The van der Waals surface area contributed by atoms with Crippen LogP contribution in [-0.2, 0) is 16.0 Å². The molecule has 122 valence electrons. The fourth-order valence-electron chi connectivity index (χ4n) is 2.30. The Morgan fingerprint density at radius 1 is 1.41 bits per heavy atom. The van der Waals surface area contributed by atoms with E-state index < -0.39 is 24.2 Å². The van der Waals surface area contributed by atoms with Gasteiger partial charge >= 0.3 is 6.18 Å². The van der Waals surface area contributed by atoms with Gasteiger partial charge in [0.15, 0.2) is 0 Å². The van der Waals surface area contributed by atoms with Gasteiger partial charge in [-0.15, -0.1) is 0 Å². The second-order valence-corrected chi connectivity index (χ2v) is 5.41. The van der Waals surface area contributed by atoms with Crippen molar-refractivity contribution in [3.05, 3.63) is 35.9 Å². The molecular formula is C15H19F3N2O2. The molecule has 0 aliphatic carbocycles. The predicted molar refractivity (Wildman–Crippen MR) is 75.4 cm³/mol. The number of amides is 1. The molecule has 0 radical (unpaired) electrons. The van der Waals surface area contributed by atoms with Gasteiger partial charge in [0.25, 0.3) is 5.91 Å². The van der Waals surface area contributed by atoms with Gasteiger partial charge in [0.2, 0.25) is 0 Å². The van der Waals surface area contributed by atoms with Crippen LogP contribution in [0, 0.1) is 0 Å². The first-order valence-electron chi connectivity index (χ1n) is 7.07. The van der Waals surface area contributed by atoms with Crippen molar-refractivity contribution in [2.45, 2.75) is 24.7 Å². The number of ether oxygens (including phenoxy) is 1. The molecular weight excluding hydrogens is 297 g/mol. The minimum absolute atomic E-state index is 0.293. The number of hydrogen-bond acceptors (Lipinski definition) is 3.